The molecule has 1 heterocycles. The number of amidine groups is 1. The maximum atomic E-state index is 12.3. The average molecular weight is 375 g/mol. The number of hydrogen-bond donors (Lipinski definition) is 2. The molecule has 1 aliphatic rings. The van der Waals surface area contributed by atoms with E-state index in [1.165, 1.54) is 11.8 Å². The predicted molar refractivity (Wildman–Crippen MR) is 109 cm³/mol. The van der Waals surface area contributed by atoms with Crippen molar-refractivity contribution in [2.24, 2.45) is 15.6 Å². The Labute approximate surface area is 158 Å². The van der Waals surface area contributed by atoms with Gasteiger partial charge in [-0.1, -0.05) is 44.7 Å². The van der Waals surface area contributed by atoms with E-state index in [4.69, 9.17) is 0 Å². The molecule has 26 heavy (non-hydrogen) atoms. The van der Waals surface area contributed by atoms with E-state index in [2.05, 4.69) is 20.8 Å². The van der Waals surface area contributed by atoms with Crippen LogP contribution in [0, 0.1) is 19.3 Å². The van der Waals surface area contributed by atoms with E-state index < -0.39 is 5.25 Å². The predicted octanol–water partition coefficient (Wildman–Crippen LogP) is 3.64. The van der Waals surface area contributed by atoms with Gasteiger partial charge in [0.1, 0.15) is 5.25 Å². The van der Waals surface area contributed by atoms with E-state index in [9.17, 15) is 9.59 Å². The highest BCUT2D eigenvalue weighted by Gasteiger charge is 2.32. The molecule has 7 heteroatoms. The Hall–Kier alpha value is -2.15. The fourth-order valence-electron chi connectivity index (χ4n) is 2.11. The normalized spacial score (nSPS) is 19.6. The van der Waals surface area contributed by atoms with Gasteiger partial charge in [0.2, 0.25) is 11.8 Å². The Morgan fingerprint density at radius 3 is 2.65 bits per heavy atom. The Balaban J connectivity index is 1.99. The third kappa shape index (κ3) is 5.17. The van der Waals surface area contributed by atoms with Gasteiger partial charge >= 0.3 is 0 Å². The molecule has 1 aromatic rings. The first-order valence-corrected chi connectivity index (χ1v) is 9.42. The summed E-state index contributed by atoms with van der Waals surface area (Å²) >= 11 is 1.24. The van der Waals surface area contributed by atoms with Crippen LogP contribution < -0.4 is 10.6 Å². The topological polar surface area (TPSA) is 82.9 Å². The number of rotatable bonds is 4. The number of nitrogens with zero attached hydrogens (tertiary/aromatic N) is 2. The van der Waals surface area contributed by atoms with Crippen molar-refractivity contribution in [3.63, 3.8) is 0 Å². The lowest BCUT2D eigenvalue weighted by Gasteiger charge is -2.16. The van der Waals surface area contributed by atoms with Crippen LogP contribution in [-0.4, -0.2) is 27.9 Å². The van der Waals surface area contributed by atoms with Crippen LogP contribution >= 0.6 is 11.8 Å². The highest BCUT2D eigenvalue weighted by atomic mass is 32.2. The van der Waals surface area contributed by atoms with Crippen LogP contribution in [0.1, 0.15) is 45.2 Å². The zero-order valence-electron chi connectivity index (χ0n) is 16.1. The number of thioether (sulfide) groups is 1. The lowest BCUT2D eigenvalue weighted by molar-refractivity contribution is -0.122. The summed E-state index contributed by atoms with van der Waals surface area (Å²) in [5.41, 5.74) is 3.70. The maximum absolute atomic E-state index is 12.3. The Morgan fingerprint density at radius 2 is 2.00 bits per heavy atom. The summed E-state index contributed by atoms with van der Waals surface area (Å²) in [7, 11) is 0. The summed E-state index contributed by atoms with van der Waals surface area (Å²) in [6.07, 6.45) is 0.0882. The van der Waals surface area contributed by atoms with Gasteiger partial charge in [-0.3, -0.25) is 9.59 Å². The summed E-state index contributed by atoms with van der Waals surface area (Å²) < 4.78 is 0. The molecule has 0 radical (unpaired) electrons. The van der Waals surface area contributed by atoms with Crippen molar-refractivity contribution >= 4 is 40.1 Å². The summed E-state index contributed by atoms with van der Waals surface area (Å²) in [6, 6.07) is 5.75. The number of amides is 2. The van der Waals surface area contributed by atoms with E-state index in [-0.39, 0.29) is 23.7 Å². The third-order valence-corrected chi connectivity index (χ3v) is 5.47. The largest absolute Gasteiger partial charge is 0.326 e. The van der Waals surface area contributed by atoms with Crippen molar-refractivity contribution in [3.05, 3.63) is 29.3 Å². The van der Waals surface area contributed by atoms with Crippen LogP contribution in [0.3, 0.4) is 0 Å². The molecule has 2 rings (SSSR count). The van der Waals surface area contributed by atoms with Crippen LogP contribution in [0.2, 0.25) is 0 Å². The first-order valence-electron chi connectivity index (χ1n) is 8.54. The molecule has 0 saturated carbocycles. The van der Waals surface area contributed by atoms with Crippen molar-refractivity contribution in [2.75, 3.05) is 5.32 Å². The van der Waals surface area contributed by atoms with E-state index in [0.717, 1.165) is 22.5 Å². The Morgan fingerprint density at radius 1 is 1.31 bits per heavy atom. The quantitative estimate of drug-likeness (QED) is 0.623. The molecule has 2 N–H and O–H groups in total. The van der Waals surface area contributed by atoms with Crippen molar-refractivity contribution < 1.29 is 9.59 Å². The van der Waals surface area contributed by atoms with Gasteiger partial charge in [0.25, 0.3) is 0 Å². The molecule has 1 aliphatic heterocycles. The molecule has 1 atom stereocenters. The SMILES string of the molecule is C/C(=N/N=C1\NC(=O)[C@@H](CC(=O)Nc2cccc(C)c2C)S1)C(C)(C)C. The number of benzene rings is 1. The van der Waals surface area contributed by atoms with Gasteiger partial charge in [0.15, 0.2) is 5.17 Å². The van der Waals surface area contributed by atoms with Gasteiger partial charge in [-0.25, -0.2) is 0 Å². The molecule has 0 spiro atoms. The number of hydrogen-bond acceptors (Lipinski definition) is 5. The molecular weight excluding hydrogens is 348 g/mol. The van der Waals surface area contributed by atoms with Crippen LogP contribution in [0.5, 0.6) is 0 Å². The van der Waals surface area contributed by atoms with Gasteiger partial charge < -0.3 is 10.6 Å². The number of anilines is 1. The van der Waals surface area contributed by atoms with Crippen molar-refractivity contribution in [1.29, 1.82) is 0 Å². The zero-order chi connectivity index (χ0) is 19.5. The second kappa shape index (κ2) is 8.03. The monoisotopic (exact) mass is 374 g/mol. The second-order valence-electron chi connectivity index (χ2n) is 7.44. The van der Waals surface area contributed by atoms with E-state index in [1.54, 1.807) is 0 Å². The lowest BCUT2D eigenvalue weighted by Crippen LogP contribution is -2.28. The summed E-state index contributed by atoms with van der Waals surface area (Å²) in [6.45, 7) is 12.0. The maximum Gasteiger partial charge on any atom is 0.240 e. The third-order valence-electron chi connectivity index (χ3n) is 4.40. The van der Waals surface area contributed by atoms with Gasteiger partial charge in [0, 0.05) is 23.2 Å². The molecule has 1 saturated heterocycles. The fraction of sp³-hybridized carbons (Fsp3) is 0.474. The first kappa shape index (κ1) is 20.2. The minimum absolute atomic E-state index is 0.0810. The average Bonchev–Trinajstić information content (AvgIpc) is 2.88. The van der Waals surface area contributed by atoms with E-state index >= 15 is 0 Å². The fourth-order valence-corrected chi connectivity index (χ4v) is 3.03. The lowest BCUT2D eigenvalue weighted by atomic mass is 9.91. The first-order chi connectivity index (χ1) is 12.1. The van der Waals surface area contributed by atoms with Gasteiger partial charge in [0.05, 0.1) is 0 Å². The zero-order valence-corrected chi connectivity index (χ0v) is 17.0. The molecule has 0 aromatic heterocycles. The summed E-state index contributed by atoms with van der Waals surface area (Å²) in [5.74, 6) is -0.407. The Kier molecular flexibility index (Phi) is 6.23. The summed E-state index contributed by atoms with van der Waals surface area (Å²) in [5, 5.41) is 13.8. The van der Waals surface area contributed by atoms with Crippen molar-refractivity contribution in [3.8, 4) is 0 Å². The highest BCUT2D eigenvalue weighted by Crippen LogP contribution is 2.24. The highest BCUT2D eigenvalue weighted by molar-refractivity contribution is 8.15. The molecule has 6 nitrogen and oxygen atoms in total. The Bertz CT molecular complexity index is 778. The smallest absolute Gasteiger partial charge is 0.240 e. The van der Waals surface area contributed by atoms with Crippen LogP contribution in [0.15, 0.2) is 28.4 Å². The molecule has 1 fully saturated rings. The van der Waals surface area contributed by atoms with E-state index in [0.29, 0.717) is 5.17 Å². The van der Waals surface area contributed by atoms with Crippen LogP contribution in [-0.2, 0) is 9.59 Å². The standard InChI is InChI=1S/C19H26N4O2S/c1-11-8-7-9-14(12(11)2)20-16(24)10-15-17(25)21-18(26-15)23-22-13(3)19(4,5)6/h7-9,15H,10H2,1-6H3,(H,20,24)(H,21,23,25)/b22-13-/t15-/m1/s1. The minimum atomic E-state index is -0.496. The molecular formula is C19H26N4O2S. The number of carbonyl (C=O) groups excluding carboxylic acids is 2. The second-order valence-corrected chi connectivity index (χ2v) is 8.63. The molecule has 1 aromatic carbocycles. The number of nitrogens with one attached hydrogen (secondary N) is 2. The van der Waals surface area contributed by atoms with Crippen molar-refractivity contribution in [1.82, 2.24) is 5.32 Å². The van der Waals surface area contributed by atoms with Crippen LogP contribution in [0.4, 0.5) is 5.69 Å². The number of carbonyl (C=O) groups is 2. The summed E-state index contributed by atoms with van der Waals surface area (Å²) in [4.78, 5) is 24.4. The molecule has 2 amide bonds. The molecule has 0 aliphatic carbocycles. The van der Waals surface area contributed by atoms with E-state index in [1.807, 2.05) is 59.7 Å². The molecule has 0 bridgehead atoms. The van der Waals surface area contributed by atoms with Gasteiger partial charge in [-0.2, -0.15) is 5.10 Å². The minimum Gasteiger partial charge on any atom is -0.326 e. The molecule has 0 unspecified atom stereocenters. The van der Waals surface area contributed by atoms with Gasteiger partial charge in [-0.15, -0.1) is 5.10 Å². The van der Waals surface area contributed by atoms with Crippen molar-refractivity contribution in [2.45, 2.75) is 53.2 Å². The van der Waals surface area contributed by atoms with Crippen LogP contribution in [0.25, 0.3) is 0 Å². The number of aryl methyl sites for hydroxylation is 1. The van der Waals surface area contributed by atoms with Gasteiger partial charge in [-0.05, 0) is 38.0 Å². The molecule has 140 valence electrons.